The molecule has 0 bridgehead atoms. The van der Waals surface area contributed by atoms with Crippen molar-refractivity contribution in [3.8, 4) is 0 Å². The highest BCUT2D eigenvalue weighted by Gasteiger charge is 2.36. The first-order valence-corrected chi connectivity index (χ1v) is 8.30. The summed E-state index contributed by atoms with van der Waals surface area (Å²) in [5, 5.41) is 0. The van der Waals surface area contributed by atoms with Crippen LogP contribution in [0.3, 0.4) is 0 Å². The molecule has 5 heteroatoms. The standard InChI is InChI=1S/C16H20BrFN2O/c1-19-8-3-4-11-10-20(9-7-14(11)19)16(21)12-5-2-6-13(18)15(12)17/h2,5-6,11,14H,3-4,7-10H2,1H3. The van der Waals surface area contributed by atoms with Crippen molar-refractivity contribution in [2.75, 3.05) is 26.7 Å². The van der Waals surface area contributed by atoms with Crippen molar-refractivity contribution in [3.63, 3.8) is 0 Å². The van der Waals surface area contributed by atoms with Gasteiger partial charge in [0.25, 0.3) is 5.91 Å². The van der Waals surface area contributed by atoms with Crippen LogP contribution in [0, 0.1) is 11.7 Å². The Morgan fingerprint density at radius 2 is 2.14 bits per heavy atom. The molecule has 0 N–H and O–H groups in total. The van der Waals surface area contributed by atoms with Crippen LogP contribution in [0.25, 0.3) is 0 Å². The van der Waals surface area contributed by atoms with Gasteiger partial charge in [-0.2, -0.15) is 0 Å². The molecule has 2 atom stereocenters. The van der Waals surface area contributed by atoms with Gasteiger partial charge in [0.1, 0.15) is 5.82 Å². The average molecular weight is 355 g/mol. The molecular weight excluding hydrogens is 335 g/mol. The highest BCUT2D eigenvalue weighted by molar-refractivity contribution is 9.10. The molecule has 0 radical (unpaired) electrons. The molecule has 1 amide bonds. The van der Waals surface area contributed by atoms with Crippen LogP contribution >= 0.6 is 15.9 Å². The van der Waals surface area contributed by atoms with E-state index >= 15 is 0 Å². The lowest BCUT2D eigenvalue weighted by molar-refractivity contribution is 0.0316. The fourth-order valence-corrected chi connectivity index (χ4v) is 4.11. The predicted octanol–water partition coefficient (Wildman–Crippen LogP) is 3.14. The summed E-state index contributed by atoms with van der Waals surface area (Å²) in [6.45, 7) is 2.70. The van der Waals surface area contributed by atoms with Gasteiger partial charge in [0.15, 0.2) is 0 Å². The van der Waals surface area contributed by atoms with Crippen molar-refractivity contribution < 1.29 is 9.18 Å². The Morgan fingerprint density at radius 1 is 1.33 bits per heavy atom. The van der Waals surface area contributed by atoms with E-state index in [9.17, 15) is 9.18 Å². The van der Waals surface area contributed by atoms with E-state index in [1.165, 1.54) is 18.9 Å². The van der Waals surface area contributed by atoms with Crippen molar-refractivity contribution in [3.05, 3.63) is 34.1 Å². The molecule has 2 aliphatic heterocycles. The molecule has 3 rings (SSSR count). The molecule has 21 heavy (non-hydrogen) atoms. The Bertz CT molecular complexity index is 551. The highest BCUT2D eigenvalue weighted by Crippen LogP contribution is 2.31. The molecule has 0 aliphatic carbocycles. The maximum absolute atomic E-state index is 13.6. The number of hydrogen-bond donors (Lipinski definition) is 0. The van der Waals surface area contributed by atoms with Crippen molar-refractivity contribution in [2.24, 2.45) is 5.92 Å². The number of benzene rings is 1. The van der Waals surface area contributed by atoms with Gasteiger partial charge in [0.2, 0.25) is 0 Å². The Labute approximate surface area is 133 Å². The van der Waals surface area contributed by atoms with E-state index in [0.717, 1.165) is 26.1 Å². The van der Waals surface area contributed by atoms with Gasteiger partial charge in [-0.15, -0.1) is 0 Å². The number of amides is 1. The number of rotatable bonds is 1. The molecular formula is C16H20BrFN2O. The minimum atomic E-state index is -0.381. The van der Waals surface area contributed by atoms with Gasteiger partial charge in [-0.1, -0.05) is 6.07 Å². The quantitative estimate of drug-likeness (QED) is 0.773. The van der Waals surface area contributed by atoms with Crippen LogP contribution in [0.2, 0.25) is 0 Å². The molecule has 114 valence electrons. The van der Waals surface area contributed by atoms with Gasteiger partial charge >= 0.3 is 0 Å². The largest absolute Gasteiger partial charge is 0.338 e. The van der Waals surface area contributed by atoms with E-state index in [2.05, 4.69) is 27.9 Å². The van der Waals surface area contributed by atoms with E-state index < -0.39 is 0 Å². The topological polar surface area (TPSA) is 23.6 Å². The van der Waals surface area contributed by atoms with Crippen molar-refractivity contribution >= 4 is 21.8 Å². The predicted molar refractivity (Wildman–Crippen MR) is 83.8 cm³/mol. The maximum atomic E-state index is 13.6. The summed E-state index contributed by atoms with van der Waals surface area (Å²) in [7, 11) is 2.18. The zero-order valence-electron chi connectivity index (χ0n) is 12.2. The van der Waals surface area contributed by atoms with E-state index in [0.29, 0.717) is 17.5 Å². The molecule has 2 aliphatic rings. The van der Waals surface area contributed by atoms with Crippen LogP contribution in [-0.4, -0.2) is 48.4 Å². The van der Waals surface area contributed by atoms with Crippen LogP contribution in [0.5, 0.6) is 0 Å². The number of nitrogens with zero attached hydrogens (tertiary/aromatic N) is 2. The molecule has 2 heterocycles. The minimum absolute atomic E-state index is 0.0620. The van der Waals surface area contributed by atoms with E-state index in [1.807, 2.05) is 4.90 Å². The van der Waals surface area contributed by atoms with Gasteiger partial charge in [0.05, 0.1) is 10.0 Å². The number of halogens is 2. The Balaban J connectivity index is 1.76. The van der Waals surface area contributed by atoms with Crippen LogP contribution in [0.1, 0.15) is 29.6 Å². The lowest BCUT2D eigenvalue weighted by Crippen LogP contribution is -2.53. The zero-order valence-corrected chi connectivity index (χ0v) is 13.8. The molecule has 0 saturated carbocycles. The molecule has 1 aromatic rings. The van der Waals surface area contributed by atoms with Crippen LogP contribution in [0.15, 0.2) is 22.7 Å². The fourth-order valence-electron chi connectivity index (χ4n) is 3.68. The summed E-state index contributed by atoms with van der Waals surface area (Å²) in [6.07, 6.45) is 3.40. The van der Waals surface area contributed by atoms with Crippen LogP contribution < -0.4 is 0 Å². The summed E-state index contributed by atoms with van der Waals surface area (Å²) in [5.41, 5.74) is 0.428. The molecule has 3 nitrogen and oxygen atoms in total. The maximum Gasteiger partial charge on any atom is 0.255 e. The number of hydrogen-bond acceptors (Lipinski definition) is 2. The minimum Gasteiger partial charge on any atom is -0.338 e. The second kappa shape index (κ2) is 6.05. The SMILES string of the molecule is CN1CCCC2CN(C(=O)c3cccc(F)c3Br)CCC21. The normalized spacial score (nSPS) is 26.5. The van der Waals surface area contributed by atoms with E-state index in [4.69, 9.17) is 0 Å². The number of likely N-dealkylation sites (tertiary alicyclic amines) is 2. The third kappa shape index (κ3) is 2.86. The summed E-state index contributed by atoms with van der Waals surface area (Å²) in [4.78, 5) is 17.0. The van der Waals surface area contributed by atoms with Gasteiger partial charge in [-0.3, -0.25) is 4.79 Å². The lowest BCUT2D eigenvalue weighted by atomic mass is 9.84. The van der Waals surface area contributed by atoms with Gasteiger partial charge in [0, 0.05) is 19.1 Å². The number of piperidine rings is 2. The highest BCUT2D eigenvalue weighted by atomic mass is 79.9. The summed E-state index contributed by atoms with van der Waals surface area (Å²) >= 11 is 3.20. The first-order chi connectivity index (χ1) is 10.1. The fraction of sp³-hybridized carbons (Fsp3) is 0.562. The molecule has 2 fully saturated rings. The third-order valence-corrected chi connectivity index (χ3v) is 5.62. The van der Waals surface area contributed by atoms with Crippen LogP contribution in [0.4, 0.5) is 4.39 Å². The second-order valence-corrected chi connectivity index (χ2v) is 6.88. The van der Waals surface area contributed by atoms with Gasteiger partial charge in [-0.05, 0) is 66.8 Å². The van der Waals surface area contributed by atoms with Gasteiger partial charge < -0.3 is 9.80 Å². The monoisotopic (exact) mass is 354 g/mol. The van der Waals surface area contributed by atoms with Crippen LogP contribution in [-0.2, 0) is 0 Å². The number of fused-ring (bicyclic) bond motifs is 1. The summed E-state index contributed by atoms with van der Waals surface area (Å²) in [6, 6.07) is 5.24. The Morgan fingerprint density at radius 3 is 2.95 bits per heavy atom. The molecule has 0 aromatic heterocycles. The average Bonchev–Trinajstić information content (AvgIpc) is 2.49. The Hall–Kier alpha value is -0.940. The van der Waals surface area contributed by atoms with E-state index in [-0.39, 0.29) is 16.2 Å². The van der Waals surface area contributed by atoms with Crippen molar-refractivity contribution in [2.45, 2.75) is 25.3 Å². The Kier molecular flexibility index (Phi) is 4.31. The number of carbonyl (C=O) groups excluding carboxylic acids is 1. The summed E-state index contributed by atoms with van der Waals surface area (Å²) in [5.74, 6) is 0.106. The third-order valence-electron chi connectivity index (χ3n) is 4.81. The zero-order chi connectivity index (χ0) is 15.0. The lowest BCUT2D eigenvalue weighted by Gasteiger charge is -2.46. The van der Waals surface area contributed by atoms with Crippen molar-refractivity contribution in [1.82, 2.24) is 9.80 Å². The molecule has 1 aromatic carbocycles. The first kappa shape index (κ1) is 15.0. The molecule has 0 spiro atoms. The first-order valence-electron chi connectivity index (χ1n) is 7.51. The van der Waals surface area contributed by atoms with E-state index in [1.54, 1.807) is 12.1 Å². The van der Waals surface area contributed by atoms with Gasteiger partial charge in [-0.25, -0.2) is 4.39 Å². The molecule has 2 saturated heterocycles. The molecule has 2 unspecified atom stereocenters. The smallest absolute Gasteiger partial charge is 0.255 e. The van der Waals surface area contributed by atoms with Crippen molar-refractivity contribution in [1.29, 1.82) is 0 Å². The second-order valence-electron chi connectivity index (χ2n) is 6.09. The number of carbonyl (C=O) groups is 1. The summed E-state index contributed by atoms with van der Waals surface area (Å²) < 4.78 is 13.9.